The predicted octanol–water partition coefficient (Wildman–Crippen LogP) is 3.87. The molecule has 4 nitrogen and oxygen atoms in total. The highest BCUT2D eigenvalue weighted by Gasteiger charge is 2.14. The second-order valence-corrected chi connectivity index (χ2v) is 4.49. The molecular formula is C11H9Cl3N4. The summed E-state index contributed by atoms with van der Waals surface area (Å²) in [6.07, 6.45) is 5.36. The van der Waals surface area contributed by atoms with Gasteiger partial charge >= 0.3 is 0 Å². The molecule has 1 aromatic carbocycles. The molecule has 0 atom stereocenters. The molecule has 0 saturated carbocycles. The molecule has 0 bridgehead atoms. The molecule has 2 heterocycles. The van der Waals surface area contributed by atoms with Gasteiger partial charge in [-0.2, -0.15) is 5.10 Å². The van der Waals surface area contributed by atoms with E-state index in [1.54, 1.807) is 18.5 Å². The first-order chi connectivity index (χ1) is 8.18. The van der Waals surface area contributed by atoms with Crippen LogP contribution in [-0.2, 0) is 0 Å². The molecule has 3 aromatic rings. The molecule has 4 N–H and O–H groups in total. The summed E-state index contributed by atoms with van der Waals surface area (Å²) in [7, 11) is 0. The highest BCUT2D eigenvalue weighted by molar-refractivity contribution is 6.45. The van der Waals surface area contributed by atoms with Crippen molar-refractivity contribution in [2.24, 2.45) is 0 Å². The van der Waals surface area contributed by atoms with Crippen molar-refractivity contribution in [1.82, 2.24) is 15.2 Å². The summed E-state index contributed by atoms with van der Waals surface area (Å²) in [6.45, 7) is 0. The van der Waals surface area contributed by atoms with Gasteiger partial charge in [-0.15, -0.1) is 12.4 Å². The Labute approximate surface area is 119 Å². The van der Waals surface area contributed by atoms with Crippen molar-refractivity contribution in [3.05, 3.63) is 34.7 Å². The minimum atomic E-state index is 0. The van der Waals surface area contributed by atoms with E-state index in [2.05, 4.69) is 15.2 Å². The summed E-state index contributed by atoms with van der Waals surface area (Å²) in [6, 6.07) is 1.66. The van der Waals surface area contributed by atoms with Gasteiger partial charge in [0.25, 0.3) is 0 Å². The van der Waals surface area contributed by atoms with E-state index in [0.717, 1.165) is 22.0 Å². The average molecular weight is 304 g/mol. The van der Waals surface area contributed by atoms with Crippen molar-refractivity contribution in [2.45, 2.75) is 0 Å². The monoisotopic (exact) mass is 302 g/mol. The largest absolute Gasteiger partial charge is 0.398 e. The van der Waals surface area contributed by atoms with E-state index in [9.17, 15) is 0 Å². The molecule has 0 amide bonds. The molecule has 0 aliphatic carbocycles. The lowest BCUT2D eigenvalue weighted by atomic mass is 10.1. The van der Waals surface area contributed by atoms with Crippen molar-refractivity contribution >= 4 is 52.2 Å². The number of rotatable bonds is 1. The third kappa shape index (κ3) is 1.82. The maximum absolute atomic E-state index is 6.13. The van der Waals surface area contributed by atoms with Crippen LogP contribution in [0.4, 0.5) is 5.69 Å². The maximum atomic E-state index is 6.13. The van der Waals surface area contributed by atoms with Crippen LogP contribution in [0.1, 0.15) is 0 Å². The molecule has 94 valence electrons. The van der Waals surface area contributed by atoms with Gasteiger partial charge in [0.05, 0.1) is 21.8 Å². The number of hydrogen-bond donors (Lipinski definition) is 3. The summed E-state index contributed by atoms with van der Waals surface area (Å²) in [5, 5.41) is 8.46. The zero-order chi connectivity index (χ0) is 12.0. The number of aromatic nitrogens is 3. The van der Waals surface area contributed by atoms with Crippen LogP contribution in [0.15, 0.2) is 24.7 Å². The molecule has 3 rings (SSSR count). The van der Waals surface area contributed by atoms with Crippen LogP contribution in [0.3, 0.4) is 0 Å². The molecule has 0 aliphatic rings. The summed E-state index contributed by atoms with van der Waals surface area (Å²) >= 11 is 12.1. The van der Waals surface area contributed by atoms with Gasteiger partial charge in [-0.3, -0.25) is 5.10 Å². The highest BCUT2D eigenvalue weighted by Crippen LogP contribution is 2.39. The number of aromatic amines is 2. The first-order valence-electron chi connectivity index (χ1n) is 4.92. The smallest absolute Gasteiger partial charge is 0.0834 e. The first kappa shape index (κ1) is 13.1. The van der Waals surface area contributed by atoms with E-state index >= 15 is 0 Å². The third-order valence-corrected chi connectivity index (χ3v) is 3.48. The molecule has 0 saturated heterocycles. The lowest BCUT2D eigenvalue weighted by molar-refractivity contribution is 1.09. The van der Waals surface area contributed by atoms with Crippen LogP contribution in [0.5, 0.6) is 0 Å². The minimum absolute atomic E-state index is 0. The second kappa shape index (κ2) is 4.72. The Bertz CT molecular complexity index is 688. The Morgan fingerprint density at radius 1 is 1.22 bits per heavy atom. The van der Waals surface area contributed by atoms with Gasteiger partial charge < -0.3 is 10.7 Å². The molecule has 0 aliphatic heterocycles. The number of nitrogens with two attached hydrogens (primary N) is 1. The number of nitrogens with zero attached hydrogens (tertiary/aromatic N) is 1. The van der Waals surface area contributed by atoms with Crippen molar-refractivity contribution in [1.29, 1.82) is 0 Å². The summed E-state index contributed by atoms with van der Waals surface area (Å²) < 4.78 is 0. The van der Waals surface area contributed by atoms with E-state index in [4.69, 9.17) is 28.9 Å². The van der Waals surface area contributed by atoms with Gasteiger partial charge in [-0.25, -0.2) is 0 Å². The Kier molecular flexibility index (Phi) is 3.43. The number of nitrogens with one attached hydrogen (secondary N) is 2. The Morgan fingerprint density at radius 2 is 2.00 bits per heavy atom. The van der Waals surface area contributed by atoms with Gasteiger partial charge in [-0.1, -0.05) is 23.2 Å². The first-order valence-corrected chi connectivity index (χ1v) is 5.68. The predicted molar refractivity (Wildman–Crippen MR) is 77.6 cm³/mol. The zero-order valence-electron chi connectivity index (χ0n) is 9.00. The Balaban J connectivity index is 0.00000120. The van der Waals surface area contributed by atoms with Crippen LogP contribution in [-0.4, -0.2) is 15.2 Å². The number of anilines is 1. The lowest BCUT2D eigenvalue weighted by Gasteiger charge is -2.03. The number of nitrogen functional groups attached to an aromatic ring is 1. The fourth-order valence-corrected chi connectivity index (χ4v) is 2.33. The van der Waals surface area contributed by atoms with Crippen molar-refractivity contribution in [3.8, 4) is 11.1 Å². The zero-order valence-corrected chi connectivity index (χ0v) is 11.3. The molecule has 0 radical (unpaired) electrons. The normalized spacial score (nSPS) is 10.6. The van der Waals surface area contributed by atoms with Crippen molar-refractivity contribution < 1.29 is 0 Å². The van der Waals surface area contributed by atoms with Crippen LogP contribution in [0.2, 0.25) is 10.0 Å². The number of halogens is 3. The third-order valence-electron chi connectivity index (χ3n) is 2.69. The maximum Gasteiger partial charge on any atom is 0.0834 e. The Hall–Kier alpha value is -1.36. The van der Waals surface area contributed by atoms with Gasteiger partial charge in [0.2, 0.25) is 0 Å². The van der Waals surface area contributed by atoms with Gasteiger partial charge in [0.1, 0.15) is 0 Å². The van der Waals surface area contributed by atoms with E-state index in [1.165, 1.54) is 0 Å². The van der Waals surface area contributed by atoms with E-state index in [1.807, 2.05) is 6.20 Å². The van der Waals surface area contributed by atoms with E-state index in [0.29, 0.717) is 15.7 Å². The number of hydrogen-bond acceptors (Lipinski definition) is 2. The van der Waals surface area contributed by atoms with Crippen molar-refractivity contribution in [3.63, 3.8) is 0 Å². The standard InChI is InChI=1S/C11H8Cl2N4.ClH/c12-7-1-8(14)9-6(5-2-16-17-3-5)4-15-11(9)10(7)13;/h1-4,15H,14H2,(H,16,17);1H. The molecule has 0 spiro atoms. The number of H-pyrrole nitrogens is 2. The van der Waals surface area contributed by atoms with Crippen LogP contribution in [0.25, 0.3) is 22.0 Å². The Morgan fingerprint density at radius 3 is 2.67 bits per heavy atom. The van der Waals surface area contributed by atoms with Gasteiger partial charge in [-0.05, 0) is 6.07 Å². The van der Waals surface area contributed by atoms with Gasteiger partial charge in [0, 0.05) is 34.6 Å². The number of benzene rings is 1. The molecular weight excluding hydrogens is 295 g/mol. The molecule has 0 fully saturated rings. The second-order valence-electron chi connectivity index (χ2n) is 3.70. The average Bonchev–Trinajstić information content (AvgIpc) is 2.94. The molecule has 2 aromatic heterocycles. The van der Waals surface area contributed by atoms with Crippen LogP contribution < -0.4 is 5.73 Å². The van der Waals surface area contributed by atoms with E-state index in [-0.39, 0.29) is 12.4 Å². The lowest BCUT2D eigenvalue weighted by Crippen LogP contribution is -1.87. The SMILES string of the molecule is Cl.Nc1cc(Cl)c(Cl)c2[nH]cc(-c3cn[nH]c3)c12. The highest BCUT2D eigenvalue weighted by atomic mass is 35.5. The minimum Gasteiger partial charge on any atom is -0.398 e. The summed E-state index contributed by atoms with van der Waals surface area (Å²) in [5.41, 5.74) is 9.21. The fraction of sp³-hybridized carbons (Fsp3) is 0. The fourth-order valence-electron chi connectivity index (χ4n) is 1.91. The topological polar surface area (TPSA) is 70.5 Å². The quantitative estimate of drug-likeness (QED) is 0.597. The molecule has 18 heavy (non-hydrogen) atoms. The molecule has 0 unspecified atom stereocenters. The summed E-state index contributed by atoms with van der Waals surface area (Å²) in [5.74, 6) is 0. The number of fused-ring (bicyclic) bond motifs is 1. The van der Waals surface area contributed by atoms with E-state index < -0.39 is 0 Å². The van der Waals surface area contributed by atoms with Gasteiger partial charge in [0.15, 0.2) is 0 Å². The summed E-state index contributed by atoms with van der Waals surface area (Å²) in [4.78, 5) is 3.09. The van der Waals surface area contributed by atoms with Crippen LogP contribution >= 0.6 is 35.6 Å². The van der Waals surface area contributed by atoms with Crippen molar-refractivity contribution in [2.75, 3.05) is 5.73 Å². The van der Waals surface area contributed by atoms with Crippen LogP contribution in [0, 0.1) is 0 Å². The molecule has 7 heteroatoms.